The van der Waals surface area contributed by atoms with Crippen molar-refractivity contribution in [1.82, 2.24) is 20.4 Å². The largest absolute Gasteiger partial charge is 0.354 e. The summed E-state index contributed by atoms with van der Waals surface area (Å²) in [6.07, 6.45) is 2.13. The number of nitrogens with one attached hydrogen (secondary N) is 2. The van der Waals surface area contributed by atoms with Gasteiger partial charge in [0.15, 0.2) is 0 Å². The van der Waals surface area contributed by atoms with Crippen molar-refractivity contribution in [2.45, 2.75) is 32.2 Å². The van der Waals surface area contributed by atoms with E-state index in [9.17, 15) is 4.79 Å². The quantitative estimate of drug-likeness (QED) is 0.769. The molecule has 2 saturated heterocycles. The van der Waals surface area contributed by atoms with Crippen LogP contribution in [0.25, 0.3) is 0 Å². The molecule has 0 saturated carbocycles. The van der Waals surface area contributed by atoms with Crippen LogP contribution >= 0.6 is 0 Å². The van der Waals surface area contributed by atoms with Crippen LogP contribution in [0.5, 0.6) is 0 Å². The van der Waals surface area contributed by atoms with Gasteiger partial charge in [-0.25, -0.2) is 0 Å². The molecule has 2 aliphatic rings. The van der Waals surface area contributed by atoms with Gasteiger partial charge in [-0.3, -0.25) is 9.69 Å². The summed E-state index contributed by atoms with van der Waals surface area (Å²) in [4.78, 5) is 17.1. The first-order chi connectivity index (χ1) is 9.49. The number of nitrogens with zero attached hydrogens (tertiary/aromatic N) is 2. The molecule has 0 bridgehead atoms. The maximum atomic E-state index is 12.2. The van der Waals surface area contributed by atoms with Crippen molar-refractivity contribution in [1.29, 1.82) is 0 Å². The summed E-state index contributed by atoms with van der Waals surface area (Å²) in [5.74, 6) is 0.381. The minimum absolute atomic E-state index is 0.0407. The first-order valence-corrected chi connectivity index (χ1v) is 7.91. The lowest BCUT2D eigenvalue weighted by Gasteiger charge is -2.43. The number of likely N-dealkylation sites (N-methyl/N-ethyl adjacent to an activating group) is 1. The Hall–Kier alpha value is -0.650. The van der Waals surface area contributed by atoms with E-state index in [1.54, 1.807) is 0 Å². The number of carbonyl (C=O) groups excluding carboxylic acids is 1. The molecule has 0 aromatic carbocycles. The van der Waals surface area contributed by atoms with Gasteiger partial charge in [-0.05, 0) is 40.3 Å². The smallest absolute Gasteiger partial charge is 0.224 e. The van der Waals surface area contributed by atoms with Crippen molar-refractivity contribution >= 4 is 5.91 Å². The molecule has 0 aliphatic carbocycles. The van der Waals surface area contributed by atoms with Crippen LogP contribution < -0.4 is 10.6 Å². The average molecular weight is 282 g/mol. The van der Waals surface area contributed by atoms with Gasteiger partial charge >= 0.3 is 0 Å². The number of piperidine rings is 1. The standard InChI is InChI=1S/C15H30N4O/c1-15(2,19-9-7-18(3)8-10-19)12-17-14(20)13-5-4-6-16-11-13/h13,16H,4-12H2,1-3H3,(H,17,20). The van der Waals surface area contributed by atoms with Crippen LogP contribution in [-0.2, 0) is 4.79 Å². The van der Waals surface area contributed by atoms with E-state index >= 15 is 0 Å². The molecule has 0 aromatic heterocycles. The summed E-state index contributed by atoms with van der Waals surface area (Å²) in [6, 6.07) is 0. The fraction of sp³-hybridized carbons (Fsp3) is 0.933. The van der Waals surface area contributed by atoms with E-state index in [1.165, 1.54) is 0 Å². The van der Waals surface area contributed by atoms with E-state index in [-0.39, 0.29) is 17.4 Å². The molecule has 2 rings (SSSR count). The van der Waals surface area contributed by atoms with Crippen LogP contribution in [-0.4, -0.2) is 74.1 Å². The molecular weight excluding hydrogens is 252 g/mol. The van der Waals surface area contributed by atoms with Crippen LogP contribution in [0.3, 0.4) is 0 Å². The zero-order valence-electron chi connectivity index (χ0n) is 13.2. The lowest BCUT2D eigenvalue weighted by atomic mass is 9.97. The molecule has 2 aliphatic heterocycles. The molecule has 2 fully saturated rings. The molecule has 20 heavy (non-hydrogen) atoms. The van der Waals surface area contributed by atoms with E-state index < -0.39 is 0 Å². The fourth-order valence-corrected chi connectivity index (χ4v) is 3.05. The van der Waals surface area contributed by atoms with Crippen LogP contribution in [0.1, 0.15) is 26.7 Å². The molecule has 0 aromatic rings. The topological polar surface area (TPSA) is 47.6 Å². The van der Waals surface area contributed by atoms with Crippen molar-refractivity contribution < 1.29 is 4.79 Å². The van der Waals surface area contributed by atoms with Crippen LogP contribution in [0.4, 0.5) is 0 Å². The highest BCUT2D eigenvalue weighted by molar-refractivity contribution is 5.79. The highest BCUT2D eigenvalue weighted by Gasteiger charge is 2.30. The predicted molar refractivity (Wildman–Crippen MR) is 81.8 cm³/mol. The Bertz CT molecular complexity index is 318. The highest BCUT2D eigenvalue weighted by Crippen LogP contribution is 2.16. The first kappa shape index (κ1) is 15.7. The van der Waals surface area contributed by atoms with Gasteiger partial charge in [-0.15, -0.1) is 0 Å². The van der Waals surface area contributed by atoms with E-state index in [2.05, 4.69) is 41.3 Å². The van der Waals surface area contributed by atoms with Crippen molar-refractivity contribution in [3.63, 3.8) is 0 Å². The summed E-state index contributed by atoms with van der Waals surface area (Å²) < 4.78 is 0. The Morgan fingerprint density at radius 3 is 2.60 bits per heavy atom. The Kier molecular flexibility index (Phi) is 5.41. The van der Waals surface area contributed by atoms with Crippen LogP contribution in [0, 0.1) is 5.92 Å². The van der Waals surface area contributed by atoms with Crippen molar-refractivity contribution in [2.24, 2.45) is 5.92 Å². The second kappa shape index (κ2) is 6.87. The number of hydrogen-bond acceptors (Lipinski definition) is 4. The predicted octanol–water partition coefficient (Wildman–Crippen LogP) is 0.128. The molecule has 5 nitrogen and oxygen atoms in total. The van der Waals surface area contributed by atoms with Gasteiger partial charge in [0.25, 0.3) is 0 Å². The molecule has 0 radical (unpaired) electrons. The first-order valence-electron chi connectivity index (χ1n) is 7.91. The summed E-state index contributed by atoms with van der Waals surface area (Å²) in [6.45, 7) is 11.5. The van der Waals surface area contributed by atoms with E-state index in [0.717, 1.165) is 58.7 Å². The Balaban J connectivity index is 1.77. The van der Waals surface area contributed by atoms with E-state index in [1.807, 2.05) is 0 Å². The average Bonchev–Trinajstić information content (AvgIpc) is 2.46. The number of hydrogen-bond donors (Lipinski definition) is 2. The lowest BCUT2D eigenvalue weighted by Crippen LogP contribution is -2.58. The third kappa shape index (κ3) is 4.17. The number of carbonyl (C=O) groups is 1. The molecule has 116 valence electrons. The molecule has 0 spiro atoms. The summed E-state index contributed by atoms with van der Waals surface area (Å²) >= 11 is 0. The lowest BCUT2D eigenvalue weighted by molar-refractivity contribution is -0.126. The van der Waals surface area contributed by atoms with Gasteiger partial charge in [0.2, 0.25) is 5.91 Å². The normalized spacial score (nSPS) is 26.4. The highest BCUT2D eigenvalue weighted by atomic mass is 16.1. The zero-order chi connectivity index (χ0) is 14.6. The maximum absolute atomic E-state index is 12.2. The minimum atomic E-state index is 0.0407. The second-order valence-electron chi connectivity index (χ2n) is 6.86. The van der Waals surface area contributed by atoms with Crippen molar-refractivity contribution in [3.8, 4) is 0 Å². The molecule has 2 N–H and O–H groups in total. The summed E-state index contributed by atoms with van der Waals surface area (Å²) in [5.41, 5.74) is 0.0407. The van der Waals surface area contributed by atoms with Crippen molar-refractivity contribution in [2.75, 3.05) is 52.9 Å². The molecule has 1 amide bonds. The summed E-state index contributed by atoms with van der Waals surface area (Å²) in [7, 11) is 2.17. The van der Waals surface area contributed by atoms with Gasteiger partial charge in [0, 0.05) is 44.8 Å². The SMILES string of the molecule is CN1CCN(C(C)(C)CNC(=O)C2CCCNC2)CC1. The molecule has 1 atom stereocenters. The van der Waals surface area contributed by atoms with E-state index in [0.29, 0.717) is 0 Å². The third-order valence-corrected chi connectivity index (χ3v) is 4.72. The second-order valence-corrected chi connectivity index (χ2v) is 6.86. The van der Waals surface area contributed by atoms with E-state index in [4.69, 9.17) is 0 Å². The molecular formula is C15H30N4O. The Labute approximate surface area is 123 Å². The molecule has 2 heterocycles. The minimum Gasteiger partial charge on any atom is -0.354 e. The third-order valence-electron chi connectivity index (χ3n) is 4.72. The van der Waals surface area contributed by atoms with Gasteiger partial charge in [-0.1, -0.05) is 0 Å². The number of piperazine rings is 1. The number of rotatable bonds is 4. The van der Waals surface area contributed by atoms with Gasteiger partial charge < -0.3 is 15.5 Å². The monoisotopic (exact) mass is 282 g/mol. The van der Waals surface area contributed by atoms with Gasteiger partial charge in [-0.2, -0.15) is 0 Å². The Morgan fingerprint density at radius 2 is 2.00 bits per heavy atom. The summed E-state index contributed by atoms with van der Waals surface area (Å²) in [5, 5.41) is 6.47. The maximum Gasteiger partial charge on any atom is 0.224 e. The van der Waals surface area contributed by atoms with Gasteiger partial charge in [0.1, 0.15) is 0 Å². The van der Waals surface area contributed by atoms with Crippen LogP contribution in [0.2, 0.25) is 0 Å². The van der Waals surface area contributed by atoms with Crippen LogP contribution in [0.15, 0.2) is 0 Å². The zero-order valence-corrected chi connectivity index (χ0v) is 13.2. The van der Waals surface area contributed by atoms with Gasteiger partial charge in [0.05, 0.1) is 5.92 Å². The van der Waals surface area contributed by atoms with Crippen molar-refractivity contribution in [3.05, 3.63) is 0 Å². The number of amides is 1. The fourth-order valence-electron chi connectivity index (χ4n) is 3.05. The Morgan fingerprint density at radius 1 is 1.30 bits per heavy atom. The molecule has 5 heteroatoms. The molecule has 1 unspecified atom stereocenters.